The fraction of sp³-hybridized carbons (Fsp3) is 0.350. The van der Waals surface area contributed by atoms with Gasteiger partial charge in [0.2, 0.25) is 11.7 Å². The van der Waals surface area contributed by atoms with Gasteiger partial charge < -0.3 is 24.3 Å². The molecule has 0 aliphatic rings. The molecule has 0 saturated heterocycles. The Morgan fingerprint density at radius 2 is 2.07 bits per heavy atom. The van der Waals surface area contributed by atoms with Crippen molar-refractivity contribution in [3.05, 3.63) is 59.3 Å². The average molecular weight is 546 g/mol. The Kier molecular flexibility index (Phi) is 10.7. The minimum absolute atomic E-state index is 0. The van der Waals surface area contributed by atoms with E-state index < -0.39 is 0 Å². The van der Waals surface area contributed by atoms with Crippen molar-refractivity contribution in [1.29, 1.82) is 0 Å². The Labute approximate surface area is 197 Å². The number of nitrogens with zero attached hydrogens (tertiary/aromatic N) is 3. The molecular weight excluding hydrogens is 521 g/mol. The molecule has 0 atom stereocenters. The molecule has 10 heteroatoms. The lowest BCUT2D eigenvalue weighted by atomic mass is 10.2. The summed E-state index contributed by atoms with van der Waals surface area (Å²) >= 11 is 6.00. The fourth-order valence-electron chi connectivity index (χ4n) is 2.56. The molecule has 0 amide bonds. The number of aromatic nitrogens is 2. The lowest BCUT2D eigenvalue weighted by Crippen LogP contribution is -2.39. The molecular formula is C20H25ClIN5O3. The Hall–Kier alpha value is -2.11. The summed E-state index contributed by atoms with van der Waals surface area (Å²) in [5.41, 5.74) is 0.826. The SMILES string of the molecule is CN=C(NCCCOCc1ccco1)NCCc1nc(-c2cccc(Cl)c2)no1.I. The summed E-state index contributed by atoms with van der Waals surface area (Å²) < 4.78 is 16.1. The van der Waals surface area contributed by atoms with E-state index in [-0.39, 0.29) is 24.0 Å². The number of hydrogen-bond donors (Lipinski definition) is 2. The third kappa shape index (κ3) is 7.96. The van der Waals surface area contributed by atoms with Crippen LogP contribution in [0, 0.1) is 0 Å². The number of hydrogen-bond acceptors (Lipinski definition) is 6. The first-order valence-electron chi connectivity index (χ1n) is 9.38. The Bertz CT molecular complexity index is 902. The molecule has 2 heterocycles. The highest BCUT2D eigenvalue weighted by Gasteiger charge is 2.09. The third-order valence-corrected chi connectivity index (χ3v) is 4.22. The number of rotatable bonds is 10. The lowest BCUT2D eigenvalue weighted by molar-refractivity contribution is 0.105. The molecule has 0 fully saturated rings. The number of halogens is 2. The minimum Gasteiger partial charge on any atom is -0.467 e. The van der Waals surface area contributed by atoms with Gasteiger partial charge in [-0.15, -0.1) is 24.0 Å². The van der Waals surface area contributed by atoms with E-state index in [1.165, 1.54) is 0 Å². The highest BCUT2D eigenvalue weighted by molar-refractivity contribution is 14.0. The first-order chi connectivity index (χ1) is 14.2. The zero-order chi connectivity index (χ0) is 20.3. The van der Waals surface area contributed by atoms with Crippen molar-refractivity contribution in [3.8, 4) is 11.4 Å². The molecule has 0 spiro atoms. The monoisotopic (exact) mass is 545 g/mol. The molecule has 0 aliphatic heterocycles. The van der Waals surface area contributed by atoms with Crippen molar-refractivity contribution in [3.63, 3.8) is 0 Å². The van der Waals surface area contributed by atoms with Crippen LogP contribution in [0.5, 0.6) is 0 Å². The molecule has 3 rings (SSSR count). The van der Waals surface area contributed by atoms with Crippen molar-refractivity contribution >= 4 is 41.5 Å². The summed E-state index contributed by atoms with van der Waals surface area (Å²) in [5.74, 6) is 2.62. The topological polar surface area (TPSA) is 97.7 Å². The number of furan rings is 1. The van der Waals surface area contributed by atoms with E-state index in [0.717, 1.165) is 24.3 Å². The van der Waals surface area contributed by atoms with Crippen molar-refractivity contribution in [2.75, 3.05) is 26.7 Å². The zero-order valence-electron chi connectivity index (χ0n) is 16.6. The Morgan fingerprint density at radius 1 is 1.20 bits per heavy atom. The molecule has 8 nitrogen and oxygen atoms in total. The van der Waals surface area contributed by atoms with E-state index in [1.807, 2.05) is 24.3 Å². The van der Waals surface area contributed by atoms with Crippen molar-refractivity contribution in [1.82, 2.24) is 20.8 Å². The van der Waals surface area contributed by atoms with Crippen LogP contribution in [0.3, 0.4) is 0 Å². The summed E-state index contributed by atoms with van der Waals surface area (Å²) in [4.78, 5) is 8.60. The normalized spacial score (nSPS) is 11.2. The summed E-state index contributed by atoms with van der Waals surface area (Å²) in [5, 5.41) is 11.1. The van der Waals surface area contributed by atoms with E-state index in [0.29, 0.717) is 48.9 Å². The van der Waals surface area contributed by atoms with Gasteiger partial charge in [-0.3, -0.25) is 4.99 Å². The summed E-state index contributed by atoms with van der Waals surface area (Å²) in [6.07, 6.45) is 3.08. The molecule has 2 N–H and O–H groups in total. The molecule has 0 bridgehead atoms. The Balaban J connectivity index is 0.00000320. The minimum atomic E-state index is 0. The van der Waals surface area contributed by atoms with Crippen LogP contribution in [0.25, 0.3) is 11.4 Å². The van der Waals surface area contributed by atoms with Gasteiger partial charge in [0, 0.05) is 43.8 Å². The van der Waals surface area contributed by atoms with Crippen LogP contribution in [-0.2, 0) is 17.8 Å². The first-order valence-corrected chi connectivity index (χ1v) is 9.75. The van der Waals surface area contributed by atoms with Crippen LogP contribution < -0.4 is 10.6 Å². The van der Waals surface area contributed by atoms with Gasteiger partial charge in [0.1, 0.15) is 12.4 Å². The smallest absolute Gasteiger partial charge is 0.228 e. The maximum absolute atomic E-state index is 6.00. The highest BCUT2D eigenvalue weighted by atomic mass is 127. The summed E-state index contributed by atoms with van der Waals surface area (Å²) in [6.45, 7) is 2.49. The largest absolute Gasteiger partial charge is 0.467 e. The quantitative estimate of drug-likeness (QED) is 0.172. The summed E-state index contributed by atoms with van der Waals surface area (Å²) in [7, 11) is 1.73. The molecule has 0 aliphatic carbocycles. The average Bonchev–Trinajstić information content (AvgIpc) is 3.41. The third-order valence-electron chi connectivity index (χ3n) is 3.99. The van der Waals surface area contributed by atoms with E-state index >= 15 is 0 Å². The highest BCUT2D eigenvalue weighted by Crippen LogP contribution is 2.19. The van der Waals surface area contributed by atoms with E-state index in [2.05, 4.69) is 25.8 Å². The van der Waals surface area contributed by atoms with Crippen LogP contribution in [0.15, 0.2) is 56.6 Å². The van der Waals surface area contributed by atoms with Gasteiger partial charge in [0.25, 0.3) is 0 Å². The van der Waals surface area contributed by atoms with Crippen molar-refractivity contribution in [2.45, 2.75) is 19.4 Å². The predicted molar refractivity (Wildman–Crippen MR) is 126 cm³/mol. The maximum Gasteiger partial charge on any atom is 0.228 e. The second-order valence-electron chi connectivity index (χ2n) is 6.18. The molecule has 2 aromatic heterocycles. The van der Waals surface area contributed by atoms with Crippen molar-refractivity contribution < 1.29 is 13.7 Å². The van der Waals surface area contributed by atoms with Gasteiger partial charge in [-0.1, -0.05) is 28.9 Å². The summed E-state index contributed by atoms with van der Waals surface area (Å²) in [6, 6.07) is 11.1. The van der Waals surface area contributed by atoms with Gasteiger partial charge in [0.15, 0.2) is 5.96 Å². The second-order valence-corrected chi connectivity index (χ2v) is 6.62. The zero-order valence-corrected chi connectivity index (χ0v) is 19.7. The first kappa shape index (κ1) is 24.2. The van der Waals surface area contributed by atoms with E-state index in [1.54, 1.807) is 25.4 Å². The fourth-order valence-corrected chi connectivity index (χ4v) is 2.75. The molecule has 0 radical (unpaired) electrons. The second kappa shape index (κ2) is 13.2. The van der Waals surface area contributed by atoms with Crippen LogP contribution in [0.4, 0.5) is 0 Å². The van der Waals surface area contributed by atoms with Gasteiger partial charge in [-0.2, -0.15) is 4.98 Å². The van der Waals surface area contributed by atoms with E-state index in [9.17, 15) is 0 Å². The molecule has 162 valence electrons. The van der Waals surface area contributed by atoms with Gasteiger partial charge in [-0.05, 0) is 30.7 Å². The number of benzene rings is 1. The van der Waals surface area contributed by atoms with E-state index in [4.69, 9.17) is 25.3 Å². The van der Waals surface area contributed by atoms with Gasteiger partial charge in [0.05, 0.1) is 6.26 Å². The maximum atomic E-state index is 6.00. The lowest BCUT2D eigenvalue weighted by Gasteiger charge is -2.11. The molecule has 1 aromatic carbocycles. The molecule has 30 heavy (non-hydrogen) atoms. The standard InChI is InChI=1S/C20H24ClN5O3.HI/c1-22-20(23-9-4-11-27-14-17-7-3-12-28-17)24-10-8-18-25-19(26-29-18)15-5-2-6-16(21)13-15;/h2-3,5-7,12-13H,4,8-11,14H2,1H3,(H2,22,23,24);1H. The van der Waals surface area contributed by atoms with Gasteiger partial charge >= 0.3 is 0 Å². The number of guanidine groups is 1. The van der Waals surface area contributed by atoms with Crippen molar-refractivity contribution in [2.24, 2.45) is 4.99 Å². The van der Waals surface area contributed by atoms with Crippen LogP contribution in [0.1, 0.15) is 18.1 Å². The number of nitrogens with one attached hydrogen (secondary N) is 2. The molecule has 0 saturated carbocycles. The molecule has 3 aromatic rings. The van der Waals surface area contributed by atoms with Gasteiger partial charge in [-0.25, -0.2) is 0 Å². The number of aliphatic imine (C=N–C) groups is 1. The van der Waals surface area contributed by atoms with Crippen LogP contribution in [-0.4, -0.2) is 42.8 Å². The number of ether oxygens (including phenoxy) is 1. The Morgan fingerprint density at radius 3 is 2.83 bits per heavy atom. The molecule has 0 unspecified atom stereocenters. The predicted octanol–water partition coefficient (Wildman–Crippen LogP) is 3.92. The van der Waals surface area contributed by atoms with Crippen LogP contribution >= 0.6 is 35.6 Å². The van der Waals surface area contributed by atoms with Crippen LogP contribution in [0.2, 0.25) is 5.02 Å².